The molecule has 1 aliphatic rings. The standard InChI is InChI=1S/C27H16N4O5/c32-27-25-24(28-14-31(27)29-13-16-8-9-21-22(11-16)35-15-34-21)23-18(20-7-4-10-33-20)12-19(30-26(23)36-25)17-5-2-1-3-6-17/h1-14H,15H2/b29-13+. The van der Waals surface area contributed by atoms with Gasteiger partial charge >= 0.3 is 5.56 Å². The summed E-state index contributed by atoms with van der Waals surface area (Å²) in [5.74, 6) is 1.92. The van der Waals surface area contributed by atoms with Gasteiger partial charge in [0.15, 0.2) is 11.5 Å². The van der Waals surface area contributed by atoms with Gasteiger partial charge in [-0.15, -0.1) is 0 Å². The lowest BCUT2D eigenvalue weighted by Crippen LogP contribution is -2.16. The first-order chi connectivity index (χ1) is 17.7. The zero-order valence-electron chi connectivity index (χ0n) is 18.6. The normalized spacial score (nSPS) is 12.8. The molecule has 6 aromatic rings. The van der Waals surface area contributed by atoms with Crippen LogP contribution in [0.25, 0.3) is 44.8 Å². The van der Waals surface area contributed by atoms with E-state index in [1.54, 1.807) is 30.7 Å². The van der Waals surface area contributed by atoms with Gasteiger partial charge in [-0.1, -0.05) is 30.3 Å². The molecule has 4 aromatic heterocycles. The Balaban J connectivity index is 1.38. The van der Waals surface area contributed by atoms with Crippen LogP contribution in [0.3, 0.4) is 0 Å². The van der Waals surface area contributed by atoms with Crippen LogP contribution in [0, 0.1) is 0 Å². The maximum absolute atomic E-state index is 13.3. The summed E-state index contributed by atoms with van der Waals surface area (Å²) in [4.78, 5) is 22.5. The molecule has 0 N–H and O–H groups in total. The lowest BCUT2D eigenvalue weighted by Gasteiger charge is -2.05. The molecule has 0 amide bonds. The van der Waals surface area contributed by atoms with E-state index < -0.39 is 5.56 Å². The minimum Gasteiger partial charge on any atom is -0.464 e. The van der Waals surface area contributed by atoms with Crippen molar-refractivity contribution in [3.8, 4) is 34.1 Å². The van der Waals surface area contributed by atoms with Crippen LogP contribution in [0.1, 0.15) is 5.56 Å². The molecule has 0 radical (unpaired) electrons. The van der Waals surface area contributed by atoms with E-state index in [4.69, 9.17) is 23.3 Å². The lowest BCUT2D eigenvalue weighted by molar-refractivity contribution is 0.174. The summed E-state index contributed by atoms with van der Waals surface area (Å²) >= 11 is 0. The lowest BCUT2D eigenvalue weighted by atomic mass is 10.0. The Hall–Kier alpha value is -5.18. The molecule has 0 atom stereocenters. The van der Waals surface area contributed by atoms with Gasteiger partial charge in [-0.05, 0) is 42.0 Å². The highest BCUT2D eigenvalue weighted by Gasteiger charge is 2.21. The van der Waals surface area contributed by atoms with Gasteiger partial charge in [-0.2, -0.15) is 9.78 Å². The smallest absolute Gasteiger partial charge is 0.317 e. The highest BCUT2D eigenvalue weighted by atomic mass is 16.7. The van der Waals surface area contributed by atoms with E-state index in [2.05, 4.69) is 10.1 Å². The van der Waals surface area contributed by atoms with Crippen LogP contribution >= 0.6 is 0 Å². The number of benzene rings is 2. The Kier molecular flexibility index (Phi) is 4.46. The van der Waals surface area contributed by atoms with Crippen molar-refractivity contribution in [1.82, 2.24) is 14.6 Å². The minimum atomic E-state index is -0.457. The van der Waals surface area contributed by atoms with E-state index in [9.17, 15) is 4.79 Å². The first-order valence-electron chi connectivity index (χ1n) is 11.1. The SMILES string of the molecule is O=c1c2oc3nc(-c4ccccc4)cc(-c4ccco4)c3c2ncn1/N=C/c1ccc2c(c1)OCO2. The maximum atomic E-state index is 13.3. The molecule has 7 rings (SSSR count). The third kappa shape index (κ3) is 3.25. The average molecular weight is 476 g/mol. The van der Waals surface area contributed by atoms with Crippen LogP contribution in [0.2, 0.25) is 0 Å². The van der Waals surface area contributed by atoms with E-state index in [0.717, 1.165) is 21.4 Å². The molecule has 2 aromatic carbocycles. The Morgan fingerprint density at radius 2 is 1.86 bits per heavy atom. The number of fused-ring (bicyclic) bond motifs is 4. The van der Waals surface area contributed by atoms with Gasteiger partial charge in [0, 0.05) is 11.1 Å². The Labute approximate surface area is 202 Å². The van der Waals surface area contributed by atoms with Crippen molar-refractivity contribution in [3.05, 3.63) is 95.2 Å². The number of ether oxygens (including phenoxy) is 2. The quantitative estimate of drug-likeness (QED) is 0.327. The van der Waals surface area contributed by atoms with E-state index in [1.807, 2.05) is 48.5 Å². The number of rotatable bonds is 4. The molecular weight excluding hydrogens is 460 g/mol. The van der Waals surface area contributed by atoms with Crippen LogP contribution in [-0.2, 0) is 0 Å². The van der Waals surface area contributed by atoms with E-state index >= 15 is 0 Å². The van der Waals surface area contributed by atoms with Crippen molar-refractivity contribution < 1.29 is 18.3 Å². The first-order valence-corrected chi connectivity index (χ1v) is 11.1. The van der Waals surface area contributed by atoms with Crippen molar-refractivity contribution in [2.24, 2.45) is 5.10 Å². The van der Waals surface area contributed by atoms with Crippen molar-refractivity contribution in [1.29, 1.82) is 0 Å². The Morgan fingerprint density at radius 1 is 0.972 bits per heavy atom. The molecule has 0 unspecified atom stereocenters. The van der Waals surface area contributed by atoms with Crippen LogP contribution in [0.5, 0.6) is 11.5 Å². The second-order valence-electron chi connectivity index (χ2n) is 8.11. The van der Waals surface area contributed by atoms with E-state index in [-0.39, 0.29) is 12.4 Å². The number of hydrogen-bond donors (Lipinski definition) is 0. The molecule has 36 heavy (non-hydrogen) atoms. The summed E-state index contributed by atoms with van der Waals surface area (Å²) in [7, 11) is 0. The number of furan rings is 2. The highest BCUT2D eigenvalue weighted by molar-refractivity contribution is 6.09. The van der Waals surface area contributed by atoms with Crippen molar-refractivity contribution >= 4 is 28.4 Å². The fourth-order valence-electron chi connectivity index (χ4n) is 4.21. The van der Waals surface area contributed by atoms with Gasteiger partial charge in [-0.3, -0.25) is 4.79 Å². The van der Waals surface area contributed by atoms with Gasteiger partial charge < -0.3 is 18.3 Å². The molecule has 5 heterocycles. The first kappa shape index (κ1) is 20.2. The molecule has 9 nitrogen and oxygen atoms in total. The largest absolute Gasteiger partial charge is 0.464 e. The number of aromatic nitrogens is 3. The number of hydrogen-bond acceptors (Lipinski definition) is 8. The predicted octanol–water partition coefficient (Wildman–Crippen LogP) is 5.08. The molecule has 174 valence electrons. The summed E-state index contributed by atoms with van der Waals surface area (Å²) in [5, 5.41) is 4.88. The van der Waals surface area contributed by atoms with Gasteiger partial charge in [0.1, 0.15) is 17.6 Å². The van der Waals surface area contributed by atoms with Crippen LogP contribution in [0.4, 0.5) is 0 Å². The van der Waals surface area contributed by atoms with Gasteiger partial charge in [0.05, 0.1) is 23.6 Å². The fraction of sp³-hybridized carbons (Fsp3) is 0.0370. The van der Waals surface area contributed by atoms with Gasteiger partial charge in [0.25, 0.3) is 0 Å². The maximum Gasteiger partial charge on any atom is 0.317 e. The van der Waals surface area contributed by atoms with E-state index in [0.29, 0.717) is 39.6 Å². The van der Waals surface area contributed by atoms with Crippen molar-refractivity contribution in [2.75, 3.05) is 6.79 Å². The van der Waals surface area contributed by atoms with Crippen LogP contribution in [-0.4, -0.2) is 27.7 Å². The zero-order valence-corrected chi connectivity index (χ0v) is 18.6. The van der Waals surface area contributed by atoms with Crippen molar-refractivity contribution in [3.63, 3.8) is 0 Å². The molecule has 9 heteroatoms. The van der Waals surface area contributed by atoms with Gasteiger partial charge in [0.2, 0.25) is 18.1 Å². The zero-order chi connectivity index (χ0) is 24.1. The summed E-state index contributed by atoms with van der Waals surface area (Å²) in [5.41, 5.74) is 3.35. The minimum absolute atomic E-state index is 0.0563. The Morgan fingerprint density at radius 3 is 2.72 bits per heavy atom. The molecule has 0 aliphatic carbocycles. The molecule has 0 saturated heterocycles. The number of nitrogens with zero attached hydrogens (tertiary/aromatic N) is 4. The molecule has 0 spiro atoms. The highest BCUT2D eigenvalue weighted by Crippen LogP contribution is 2.37. The summed E-state index contributed by atoms with van der Waals surface area (Å²) in [6, 6.07) is 20.7. The van der Waals surface area contributed by atoms with Gasteiger partial charge in [-0.25, -0.2) is 9.97 Å². The van der Waals surface area contributed by atoms with E-state index in [1.165, 1.54) is 6.33 Å². The topological polar surface area (TPSA) is 105 Å². The summed E-state index contributed by atoms with van der Waals surface area (Å²) in [6.45, 7) is 0.183. The fourth-order valence-corrected chi connectivity index (χ4v) is 4.21. The molecule has 0 fully saturated rings. The van der Waals surface area contributed by atoms with Crippen LogP contribution < -0.4 is 15.0 Å². The second kappa shape index (κ2) is 7.95. The summed E-state index contributed by atoms with van der Waals surface area (Å²) in [6.07, 6.45) is 4.50. The second-order valence-corrected chi connectivity index (χ2v) is 8.11. The van der Waals surface area contributed by atoms with Crippen LogP contribution in [0.15, 0.2) is 98.1 Å². The Bertz CT molecular complexity index is 1840. The monoisotopic (exact) mass is 476 g/mol. The molecular formula is C27H16N4O5. The molecule has 0 saturated carbocycles. The number of pyridine rings is 1. The third-order valence-corrected chi connectivity index (χ3v) is 5.92. The molecule has 1 aliphatic heterocycles. The molecule has 0 bridgehead atoms. The average Bonchev–Trinajstić information content (AvgIpc) is 3.68. The summed E-state index contributed by atoms with van der Waals surface area (Å²) < 4.78 is 23.5. The third-order valence-electron chi connectivity index (χ3n) is 5.92. The van der Waals surface area contributed by atoms with Crippen molar-refractivity contribution in [2.45, 2.75) is 0 Å². The predicted molar refractivity (Wildman–Crippen MR) is 132 cm³/mol.